The number of aromatic amines is 1. The lowest BCUT2D eigenvalue weighted by atomic mass is 9.74. The Labute approximate surface area is 164 Å². The van der Waals surface area contributed by atoms with Crippen LogP contribution in [0.25, 0.3) is 11.0 Å². The first kappa shape index (κ1) is 18.7. The van der Waals surface area contributed by atoms with E-state index in [1.807, 2.05) is 26.8 Å². The summed E-state index contributed by atoms with van der Waals surface area (Å²) in [6, 6.07) is 10.5. The molecule has 2 aromatic heterocycles. The van der Waals surface area contributed by atoms with Crippen molar-refractivity contribution in [3.63, 3.8) is 0 Å². The first-order chi connectivity index (χ1) is 13.4. The largest absolute Gasteiger partial charge is 0.381 e. The Morgan fingerprint density at radius 2 is 1.93 bits per heavy atom. The van der Waals surface area contributed by atoms with Crippen molar-refractivity contribution in [3.05, 3.63) is 52.4 Å². The van der Waals surface area contributed by atoms with Crippen LogP contribution in [0.2, 0.25) is 0 Å². The Morgan fingerprint density at radius 3 is 2.61 bits per heavy atom. The van der Waals surface area contributed by atoms with Crippen molar-refractivity contribution in [1.29, 1.82) is 0 Å². The van der Waals surface area contributed by atoms with E-state index in [4.69, 9.17) is 4.74 Å². The number of fused-ring (bicyclic) bond motifs is 1. The summed E-state index contributed by atoms with van der Waals surface area (Å²) in [5, 5.41) is 8.27. The minimum absolute atomic E-state index is 0.0443. The number of aromatic nitrogens is 4. The van der Waals surface area contributed by atoms with Crippen LogP contribution in [0.5, 0.6) is 0 Å². The fourth-order valence-corrected chi connectivity index (χ4v) is 3.87. The second-order valence-electron chi connectivity index (χ2n) is 8.49. The van der Waals surface area contributed by atoms with Gasteiger partial charge in [0.15, 0.2) is 5.65 Å². The van der Waals surface area contributed by atoms with Gasteiger partial charge in [0, 0.05) is 25.2 Å². The Bertz CT molecular complexity index is 1010. The van der Waals surface area contributed by atoms with E-state index in [-0.39, 0.29) is 16.5 Å². The topological polar surface area (TPSA) is 84.8 Å². The molecule has 2 N–H and O–H groups in total. The Hall–Kier alpha value is -2.67. The average molecular weight is 381 g/mol. The molecule has 0 aliphatic carbocycles. The molecule has 0 bridgehead atoms. The van der Waals surface area contributed by atoms with Gasteiger partial charge in [-0.05, 0) is 39.2 Å². The van der Waals surface area contributed by atoms with Crippen molar-refractivity contribution in [2.75, 3.05) is 25.1 Å². The third-order valence-corrected chi connectivity index (χ3v) is 5.50. The van der Waals surface area contributed by atoms with E-state index < -0.39 is 0 Å². The summed E-state index contributed by atoms with van der Waals surface area (Å²) in [7, 11) is 0. The average Bonchev–Trinajstić information content (AvgIpc) is 3.13. The Balaban J connectivity index is 1.66. The molecule has 1 saturated heterocycles. The highest BCUT2D eigenvalue weighted by Crippen LogP contribution is 2.34. The summed E-state index contributed by atoms with van der Waals surface area (Å²) in [5.74, 6) is 0.477. The summed E-state index contributed by atoms with van der Waals surface area (Å²) in [4.78, 5) is 20.1. The molecule has 0 amide bonds. The van der Waals surface area contributed by atoms with Crippen LogP contribution < -0.4 is 10.9 Å². The number of hydrogen-bond donors (Lipinski definition) is 2. The van der Waals surface area contributed by atoms with Crippen molar-refractivity contribution in [2.45, 2.75) is 44.6 Å². The van der Waals surface area contributed by atoms with Crippen molar-refractivity contribution >= 4 is 17.0 Å². The molecule has 1 aromatic carbocycles. The van der Waals surface area contributed by atoms with Crippen LogP contribution in [-0.4, -0.2) is 39.5 Å². The van der Waals surface area contributed by atoms with Gasteiger partial charge in [-0.1, -0.05) is 30.3 Å². The highest BCUT2D eigenvalue weighted by atomic mass is 16.5. The zero-order valence-electron chi connectivity index (χ0n) is 16.7. The number of nitrogens with one attached hydrogen (secondary N) is 2. The van der Waals surface area contributed by atoms with E-state index in [1.54, 1.807) is 10.9 Å². The van der Waals surface area contributed by atoms with Gasteiger partial charge in [0.1, 0.15) is 5.39 Å². The maximum absolute atomic E-state index is 12.5. The van der Waals surface area contributed by atoms with Crippen LogP contribution in [0.15, 0.2) is 41.3 Å². The quantitative estimate of drug-likeness (QED) is 0.726. The van der Waals surface area contributed by atoms with Crippen molar-refractivity contribution in [3.8, 4) is 0 Å². The zero-order valence-corrected chi connectivity index (χ0v) is 16.7. The molecule has 1 aliphatic rings. The zero-order chi connectivity index (χ0) is 19.8. The van der Waals surface area contributed by atoms with Crippen LogP contribution in [0, 0.1) is 0 Å². The molecule has 0 atom stereocenters. The molecule has 3 aromatic rings. The van der Waals surface area contributed by atoms with E-state index >= 15 is 0 Å². The first-order valence-corrected chi connectivity index (χ1v) is 9.75. The highest BCUT2D eigenvalue weighted by molar-refractivity contribution is 5.74. The molecule has 3 heterocycles. The van der Waals surface area contributed by atoms with E-state index in [0.717, 1.165) is 26.1 Å². The van der Waals surface area contributed by atoms with Gasteiger partial charge < -0.3 is 10.1 Å². The van der Waals surface area contributed by atoms with Crippen molar-refractivity contribution < 1.29 is 4.74 Å². The molecule has 1 fully saturated rings. The monoisotopic (exact) mass is 381 g/mol. The molecule has 148 valence electrons. The molecule has 7 heteroatoms. The molecule has 1 aliphatic heterocycles. The minimum atomic E-state index is -0.258. The summed E-state index contributed by atoms with van der Waals surface area (Å²) < 4.78 is 7.40. The normalized spacial score (nSPS) is 17.0. The molecule has 0 unspecified atom stereocenters. The van der Waals surface area contributed by atoms with Crippen LogP contribution in [0.3, 0.4) is 0 Å². The first-order valence-electron chi connectivity index (χ1n) is 9.75. The van der Waals surface area contributed by atoms with E-state index in [1.165, 1.54) is 5.56 Å². The molecule has 0 spiro atoms. The molecule has 0 radical (unpaired) electrons. The maximum Gasteiger partial charge on any atom is 0.263 e. The molecular formula is C21H27N5O2. The molecular weight excluding hydrogens is 354 g/mol. The van der Waals surface area contributed by atoms with Gasteiger partial charge in [0.25, 0.3) is 5.56 Å². The van der Waals surface area contributed by atoms with Gasteiger partial charge in [-0.3, -0.25) is 9.78 Å². The predicted molar refractivity (Wildman–Crippen MR) is 110 cm³/mol. The number of anilines is 1. The van der Waals surface area contributed by atoms with Crippen LogP contribution in [0.4, 0.5) is 5.95 Å². The number of rotatable bonds is 4. The third kappa shape index (κ3) is 3.42. The van der Waals surface area contributed by atoms with Crippen LogP contribution >= 0.6 is 0 Å². The lowest BCUT2D eigenvalue weighted by Crippen LogP contribution is -2.40. The van der Waals surface area contributed by atoms with Crippen molar-refractivity contribution in [1.82, 2.24) is 19.7 Å². The Kier molecular flexibility index (Phi) is 4.71. The van der Waals surface area contributed by atoms with Crippen LogP contribution in [0.1, 0.15) is 39.2 Å². The van der Waals surface area contributed by atoms with Gasteiger partial charge in [0.05, 0.1) is 11.7 Å². The van der Waals surface area contributed by atoms with Gasteiger partial charge in [-0.25, -0.2) is 4.68 Å². The summed E-state index contributed by atoms with van der Waals surface area (Å²) in [6.45, 7) is 8.27. The number of benzene rings is 1. The fourth-order valence-electron chi connectivity index (χ4n) is 3.87. The maximum atomic E-state index is 12.5. The molecule has 28 heavy (non-hydrogen) atoms. The van der Waals surface area contributed by atoms with Gasteiger partial charge in [0.2, 0.25) is 5.95 Å². The lowest BCUT2D eigenvalue weighted by molar-refractivity contribution is 0.0543. The predicted octanol–water partition coefficient (Wildman–Crippen LogP) is 3.03. The SMILES string of the molecule is CC(C)(C)n1ncc2c(=O)[nH]c(NCC3(c4ccccc4)CCOCC3)nc21. The summed E-state index contributed by atoms with van der Waals surface area (Å²) in [6.07, 6.45) is 3.44. The van der Waals surface area contributed by atoms with E-state index in [0.29, 0.717) is 23.5 Å². The Morgan fingerprint density at radius 1 is 1.21 bits per heavy atom. The van der Waals surface area contributed by atoms with Gasteiger partial charge >= 0.3 is 0 Å². The van der Waals surface area contributed by atoms with Crippen LogP contribution in [-0.2, 0) is 15.7 Å². The second kappa shape index (κ2) is 7.05. The molecule has 0 saturated carbocycles. The number of H-pyrrole nitrogens is 1. The number of nitrogens with zero attached hydrogens (tertiary/aromatic N) is 3. The second-order valence-corrected chi connectivity index (χ2v) is 8.49. The molecule has 7 nitrogen and oxygen atoms in total. The molecule has 4 rings (SSSR count). The van der Waals surface area contributed by atoms with Crippen molar-refractivity contribution in [2.24, 2.45) is 0 Å². The smallest absolute Gasteiger partial charge is 0.263 e. The minimum Gasteiger partial charge on any atom is -0.381 e. The van der Waals surface area contributed by atoms with Gasteiger partial charge in [-0.15, -0.1) is 0 Å². The highest BCUT2D eigenvalue weighted by Gasteiger charge is 2.34. The van der Waals surface area contributed by atoms with E-state index in [2.05, 4.69) is 44.6 Å². The number of hydrogen-bond acceptors (Lipinski definition) is 5. The lowest BCUT2D eigenvalue weighted by Gasteiger charge is -2.38. The summed E-state index contributed by atoms with van der Waals surface area (Å²) in [5.41, 5.74) is 1.40. The van der Waals surface area contributed by atoms with E-state index in [9.17, 15) is 4.79 Å². The third-order valence-electron chi connectivity index (χ3n) is 5.50. The summed E-state index contributed by atoms with van der Waals surface area (Å²) >= 11 is 0. The van der Waals surface area contributed by atoms with Gasteiger partial charge in [-0.2, -0.15) is 10.1 Å². The fraction of sp³-hybridized carbons (Fsp3) is 0.476. The standard InChI is InChI=1S/C21H27N5O2/c1-20(2,3)26-17-16(13-23-26)18(27)25-19(24-17)22-14-21(9-11-28-12-10-21)15-7-5-4-6-8-15/h4-8,13H,9-12,14H2,1-3H3,(H2,22,24,25,27). The number of ether oxygens (including phenoxy) is 1.